The van der Waals surface area contributed by atoms with E-state index < -0.39 is 11.9 Å². The Kier molecular flexibility index (Phi) is 6.26. The van der Waals surface area contributed by atoms with Crippen LogP contribution in [-0.4, -0.2) is 34.4 Å². The van der Waals surface area contributed by atoms with Crippen LogP contribution in [0.4, 0.5) is 13.2 Å². The number of likely N-dealkylation sites (N-methyl/N-ethyl adjacent to an activating group) is 1. The van der Waals surface area contributed by atoms with E-state index in [1.165, 1.54) is 17.0 Å². The number of carbonyl (C=O) groups excluding carboxylic acids is 1. The number of nitrogens with zero attached hydrogens (tertiary/aromatic N) is 3. The molecule has 1 aliphatic rings. The Morgan fingerprint density at radius 2 is 1.87 bits per heavy atom. The maximum atomic E-state index is 13.0. The molecule has 0 aliphatic heterocycles. The highest BCUT2D eigenvalue weighted by atomic mass is 35.5. The first-order chi connectivity index (χ1) is 14.5. The molecule has 0 bridgehead atoms. The van der Waals surface area contributed by atoms with Gasteiger partial charge in [0.05, 0.1) is 0 Å². The Balaban J connectivity index is 1.79. The Labute approximate surface area is 181 Å². The number of halogens is 4. The zero-order chi connectivity index (χ0) is 22.8. The van der Waals surface area contributed by atoms with Crippen molar-refractivity contribution in [3.63, 3.8) is 0 Å². The second-order valence-electron chi connectivity index (χ2n) is 7.27. The molecule has 1 aromatic carbocycles. The van der Waals surface area contributed by atoms with E-state index in [1.807, 2.05) is 0 Å². The number of ether oxygens (including phenoxy) is 1. The highest BCUT2D eigenvalue weighted by Crippen LogP contribution is 2.30. The third kappa shape index (κ3) is 5.35. The molecule has 0 atom stereocenters. The van der Waals surface area contributed by atoms with Crippen LogP contribution in [0.3, 0.4) is 0 Å². The van der Waals surface area contributed by atoms with Crippen molar-refractivity contribution in [2.45, 2.75) is 32.2 Å². The molecule has 0 radical (unpaired) electrons. The number of benzene rings is 1. The topological polar surface area (TPSA) is 68.5 Å². The molecule has 31 heavy (non-hydrogen) atoms. The van der Waals surface area contributed by atoms with Gasteiger partial charge in [-0.2, -0.15) is 4.98 Å². The molecule has 0 saturated heterocycles. The molecule has 6 nitrogen and oxygen atoms in total. The highest BCUT2D eigenvalue weighted by Gasteiger charge is 2.36. The van der Waals surface area contributed by atoms with Gasteiger partial charge in [0, 0.05) is 23.2 Å². The van der Waals surface area contributed by atoms with E-state index in [2.05, 4.69) is 14.9 Å². The average Bonchev–Trinajstić information content (AvgIpc) is 3.10. The van der Waals surface area contributed by atoms with Gasteiger partial charge in [-0.1, -0.05) is 28.9 Å². The summed E-state index contributed by atoms with van der Waals surface area (Å²) in [7, 11) is 1.62. The molecular weight excluding hydrogens is 435 g/mol. The van der Waals surface area contributed by atoms with Crippen molar-refractivity contribution in [1.82, 2.24) is 15.0 Å². The number of carbonyl (C=O) groups is 1. The molecule has 164 valence electrons. The lowest BCUT2D eigenvalue weighted by Crippen LogP contribution is -2.43. The summed E-state index contributed by atoms with van der Waals surface area (Å²) in [5.41, 5.74) is 0.0274. The van der Waals surface area contributed by atoms with E-state index in [4.69, 9.17) is 16.1 Å². The molecule has 1 aliphatic carbocycles. The van der Waals surface area contributed by atoms with Crippen LogP contribution in [0.15, 0.2) is 63.7 Å². The fraction of sp³-hybridized carbons (Fsp3) is 0.286. The molecule has 0 fully saturated rings. The quantitative estimate of drug-likeness (QED) is 0.611. The summed E-state index contributed by atoms with van der Waals surface area (Å²) >= 11 is 5.97. The molecule has 0 N–H and O–H groups in total. The van der Waals surface area contributed by atoms with Crippen LogP contribution in [0.2, 0.25) is 0 Å². The molecule has 1 heterocycles. The molecular formula is C21H19ClF3N3O3. The van der Waals surface area contributed by atoms with Gasteiger partial charge in [0.25, 0.3) is 11.8 Å². The third-order valence-corrected chi connectivity index (χ3v) is 5.02. The number of alkyl halides is 3. The number of allylic oxidation sites excluding steroid dienone is 5. The van der Waals surface area contributed by atoms with Gasteiger partial charge in [-0.25, -0.2) is 0 Å². The normalized spacial score (nSPS) is 14.5. The molecule has 3 rings (SSSR count). The maximum Gasteiger partial charge on any atom is 0.573 e. The second kappa shape index (κ2) is 8.58. The zero-order valence-corrected chi connectivity index (χ0v) is 17.7. The molecule has 1 amide bonds. The SMILES string of the molecule is CN(C(=O)C1=CC=C(Cl)C=CC1)C(C)(C)c1nc(-c2ccc(OC(F)(F)F)cc2)no1. The minimum absolute atomic E-state index is 0.173. The Morgan fingerprint density at radius 1 is 1.19 bits per heavy atom. The molecule has 0 spiro atoms. The van der Waals surface area contributed by atoms with Crippen LogP contribution in [0.1, 0.15) is 26.2 Å². The summed E-state index contributed by atoms with van der Waals surface area (Å²) < 4.78 is 46.1. The highest BCUT2D eigenvalue weighted by molar-refractivity contribution is 6.31. The molecule has 10 heteroatoms. The van der Waals surface area contributed by atoms with E-state index in [0.717, 1.165) is 12.1 Å². The van der Waals surface area contributed by atoms with Gasteiger partial charge >= 0.3 is 6.36 Å². The first-order valence-electron chi connectivity index (χ1n) is 9.19. The average molecular weight is 454 g/mol. The minimum Gasteiger partial charge on any atom is -0.406 e. The van der Waals surface area contributed by atoms with Crippen LogP contribution in [0.25, 0.3) is 11.4 Å². The maximum absolute atomic E-state index is 13.0. The Bertz CT molecular complexity index is 1050. The first kappa shape index (κ1) is 22.6. The van der Waals surface area contributed by atoms with E-state index in [-0.39, 0.29) is 23.4 Å². The molecule has 2 aromatic rings. The van der Waals surface area contributed by atoms with Gasteiger partial charge in [-0.05, 0) is 56.7 Å². The minimum atomic E-state index is -4.77. The van der Waals surface area contributed by atoms with Crippen molar-refractivity contribution in [2.24, 2.45) is 0 Å². The number of hydrogen-bond acceptors (Lipinski definition) is 5. The summed E-state index contributed by atoms with van der Waals surface area (Å²) in [4.78, 5) is 18.8. The van der Waals surface area contributed by atoms with Crippen molar-refractivity contribution in [1.29, 1.82) is 0 Å². The van der Waals surface area contributed by atoms with Crippen molar-refractivity contribution in [2.75, 3.05) is 7.05 Å². The van der Waals surface area contributed by atoms with Crippen LogP contribution < -0.4 is 4.74 Å². The summed E-state index contributed by atoms with van der Waals surface area (Å²) in [6, 6.07) is 5.08. The van der Waals surface area contributed by atoms with Gasteiger partial charge in [-0.15, -0.1) is 13.2 Å². The van der Waals surface area contributed by atoms with Crippen LogP contribution >= 0.6 is 11.6 Å². The van der Waals surface area contributed by atoms with Crippen molar-refractivity contribution >= 4 is 17.5 Å². The van der Waals surface area contributed by atoms with Gasteiger partial charge in [0.1, 0.15) is 11.3 Å². The van der Waals surface area contributed by atoms with Gasteiger partial charge in [0.15, 0.2) is 0 Å². The Hall–Kier alpha value is -3.07. The fourth-order valence-electron chi connectivity index (χ4n) is 2.77. The number of amides is 1. The van der Waals surface area contributed by atoms with Crippen LogP contribution in [0, 0.1) is 0 Å². The van der Waals surface area contributed by atoms with Gasteiger partial charge in [0.2, 0.25) is 5.82 Å². The van der Waals surface area contributed by atoms with E-state index in [9.17, 15) is 18.0 Å². The monoisotopic (exact) mass is 453 g/mol. The third-order valence-electron chi connectivity index (χ3n) is 4.77. The lowest BCUT2D eigenvalue weighted by atomic mass is 10.0. The Morgan fingerprint density at radius 3 is 2.52 bits per heavy atom. The largest absolute Gasteiger partial charge is 0.573 e. The number of hydrogen-bond donors (Lipinski definition) is 0. The first-order valence-corrected chi connectivity index (χ1v) is 9.56. The molecule has 0 saturated carbocycles. The van der Waals surface area contributed by atoms with E-state index in [1.54, 1.807) is 45.2 Å². The van der Waals surface area contributed by atoms with Crippen molar-refractivity contribution in [3.05, 3.63) is 65.1 Å². The lowest BCUT2D eigenvalue weighted by Gasteiger charge is -2.32. The van der Waals surface area contributed by atoms with Crippen molar-refractivity contribution < 1.29 is 27.2 Å². The predicted molar refractivity (Wildman–Crippen MR) is 108 cm³/mol. The van der Waals surface area contributed by atoms with E-state index >= 15 is 0 Å². The van der Waals surface area contributed by atoms with Crippen molar-refractivity contribution in [3.8, 4) is 17.1 Å². The standard InChI is InChI=1S/C21H19ClF3N3O3/c1-20(2,28(3)18(29)14-5-4-6-15(22)10-7-14)19-26-17(27-31-19)13-8-11-16(12-9-13)30-21(23,24)25/h4,6-12H,5H2,1-3H3. The molecule has 0 unspecified atom stereocenters. The molecule has 1 aromatic heterocycles. The van der Waals surface area contributed by atoms with Crippen LogP contribution in [-0.2, 0) is 10.3 Å². The lowest BCUT2D eigenvalue weighted by molar-refractivity contribution is -0.274. The summed E-state index contributed by atoms with van der Waals surface area (Å²) in [5, 5.41) is 4.42. The van der Waals surface area contributed by atoms with Crippen LogP contribution in [0.5, 0.6) is 5.75 Å². The summed E-state index contributed by atoms with van der Waals surface area (Å²) in [5.74, 6) is -0.239. The van der Waals surface area contributed by atoms with Gasteiger partial charge < -0.3 is 14.2 Å². The smallest absolute Gasteiger partial charge is 0.406 e. The fourth-order valence-corrected chi connectivity index (χ4v) is 2.92. The summed E-state index contributed by atoms with van der Waals surface area (Å²) in [6.45, 7) is 3.50. The second-order valence-corrected chi connectivity index (χ2v) is 7.70. The predicted octanol–water partition coefficient (Wildman–Crippen LogP) is 5.34. The number of aromatic nitrogens is 2. The summed E-state index contributed by atoms with van der Waals surface area (Å²) in [6.07, 6.45) is 2.49. The van der Waals surface area contributed by atoms with E-state index in [0.29, 0.717) is 22.6 Å². The van der Waals surface area contributed by atoms with Gasteiger partial charge in [-0.3, -0.25) is 4.79 Å². The number of rotatable bonds is 5. The zero-order valence-electron chi connectivity index (χ0n) is 16.9.